The van der Waals surface area contributed by atoms with Crippen LogP contribution in [0.3, 0.4) is 0 Å². The minimum absolute atomic E-state index is 0.0588. The molecule has 0 aromatic heterocycles. The van der Waals surface area contributed by atoms with E-state index < -0.39 is 15.0 Å². The number of nitrogens with zero attached hydrogens (tertiary/aromatic N) is 1. The topological polar surface area (TPSA) is 86.5 Å². The number of nitro benzene ring substituents is 1. The maximum Gasteiger partial charge on any atom is 0.273 e. The van der Waals surface area contributed by atoms with Crippen molar-refractivity contribution < 1.29 is 17.5 Å². The Hall–Kier alpha value is -0.990. The highest BCUT2D eigenvalue weighted by atomic mass is 79.9. The molecule has 0 heterocycles. The van der Waals surface area contributed by atoms with Gasteiger partial charge in [0.1, 0.15) is 0 Å². The molecule has 94 valence electrons. The first-order valence-corrected chi connectivity index (χ1v) is 7.18. The zero-order valence-corrected chi connectivity index (χ0v) is 11.3. The molecule has 0 aliphatic rings. The summed E-state index contributed by atoms with van der Waals surface area (Å²) in [6, 6.07) is 4.56. The SMILES string of the molecule is CS(=O)(=O)OCCc1c(Br)cccc1[N+](=O)[O-]. The molecule has 0 aliphatic heterocycles. The molecular formula is C9H10BrNO5S. The minimum Gasteiger partial charge on any atom is -0.270 e. The molecule has 17 heavy (non-hydrogen) atoms. The van der Waals surface area contributed by atoms with E-state index in [9.17, 15) is 18.5 Å². The highest BCUT2D eigenvalue weighted by Crippen LogP contribution is 2.27. The molecule has 0 spiro atoms. The number of benzene rings is 1. The van der Waals surface area contributed by atoms with Crippen molar-refractivity contribution in [2.24, 2.45) is 0 Å². The first kappa shape index (κ1) is 14.1. The van der Waals surface area contributed by atoms with Crippen molar-refractivity contribution in [2.75, 3.05) is 12.9 Å². The average Bonchev–Trinajstić information content (AvgIpc) is 2.18. The maximum absolute atomic E-state index is 10.8. The Labute approximate surface area is 107 Å². The third-order valence-electron chi connectivity index (χ3n) is 1.94. The second-order valence-corrected chi connectivity index (χ2v) is 5.77. The minimum atomic E-state index is -3.53. The summed E-state index contributed by atoms with van der Waals surface area (Å²) in [5, 5.41) is 10.8. The fourth-order valence-corrected chi connectivity index (χ4v) is 2.20. The molecule has 0 radical (unpaired) electrons. The molecule has 0 fully saturated rings. The van der Waals surface area contributed by atoms with Crippen LogP contribution in [0.15, 0.2) is 22.7 Å². The Kier molecular flexibility index (Phi) is 4.61. The van der Waals surface area contributed by atoms with Gasteiger partial charge in [0.15, 0.2) is 0 Å². The van der Waals surface area contributed by atoms with Gasteiger partial charge in [-0.05, 0) is 6.07 Å². The lowest BCUT2D eigenvalue weighted by molar-refractivity contribution is -0.385. The first-order valence-electron chi connectivity index (χ1n) is 4.57. The molecule has 8 heteroatoms. The van der Waals surface area contributed by atoms with Crippen molar-refractivity contribution in [1.82, 2.24) is 0 Å². The molecule has 0 amide bonds. The highest BCUT2D eigenvalue weighted by Gasteiger charge is 2.16. The van der Waals surface area contributed by atoms with Crippen LogP contribution in [-0.4, -0.2) is 26.2 Å². The van der Waals surface area contributed by atoms with Gasteiger partial charge in [-0.15, -0.1) is 0 Å². The summed E-state index contributed by atoms with van der Waals surface area (Å²) in [7, 11) is -3.53. The van der Waals surface area contributed by atoms with Crippen LogP contribution >= 0.6 is 15.9 Å². The van der Waals surface area contributed by atoms with Gasteiger partial charge in [0, 0.05) is 22.5 Å². The van der Waals surface area contributed by atoms with Crippen LogP contribution in [0, 0.1) is 10.1 Å². The summed E-state index contributed by atoms with van der Waals surface area (Å²) >= 11 is 3.19. The average molecular weight is 324 g/mol. The fourth-order valence-electron chi connectivity index (χ4n) is 1.26. The van der Waals surface area contributed by atoms with Gasteiger partial charge in [-0.1, -0.05) is 22.0 Å². The number of rotatable bonds is 5. The molecule has 0 saturated carbocycles. The van der Waals surface area contributed by atoms with E-state index >= 15 is 0 Å². The zero-order valence-electron chi connectivity index (χ0n) is 8.92. The van der Waals surface area contributed by atoms with Crippen LogP contribution in [-0.2, 0) is 20.7 Å². The molecular weight excluding hydrogens is 314 g/mol. The van der Waals surface area contributed by atoms with E-state index in [1.54, 1.807) is 12.1 Å². The van der Waals surface area contributed by atoms with Crippen LogP contribution in [0.2, 0.25) is 0 Å². The van der Waals surface area contributed by atoms with Crippen molar-refractivity contribution in [3.8, 4) is 0 Å². The van der Waals surface area contributed by atoms with Gasteiger partial charge in [0.05, 0.1) is 17.8 Å². The lowest BCUT2D eigenvalue weighted by Crippen LogP contribution is -2.07. The summed E-state index contributed by atoms with van der Waals surface area (Å²) in [5.74, 6) is 0. The van der Waals surface area contributed by atoms with E-state index in [4.69, 9.17) is 0 Å². The fraction of sp³-hybridized carbons (Fsp3) is 0.333. The van der Waals surface area contributed by atoms with Crippen molar-refractivity contribution in [1.29, 1.82) is 0 Å². The van der Waals surface area contributed by atoms with Crippen molar-refractivity contribution in [3.63, 3.8) is 0 Å². The van der Waals surface area contributed by atoms with E-state index in [2.05, 4.69) is 20.1 Å². The summed E-state index contributed by atoms with van der Waals surface area (Å²) in [5.41, 5.74) is 0.359. The quantitative estimate of drug-likeness (QED) is 0.469. The number of nitro groups is 1. The molecule has 0 aliphatic carbocycles. The van der Waals surface area contributed by atoms with Gasteiger partial charge in [0.25, 0.3) is 15.8 Å². The van der Waals surface area contributed by atoms with Gasteiger partial charge in [-0.2, -0.15) is 8.42 Å². The van der Waals surface area contributed by atoms with Gasteiger partial charge < -0.3 is 0 Å². The normalized spacial score (nSPS) is 11.4. The Morgan fingerprint density at radius 3 is 2.65 bits per heavy atom. The van der Waals surface area contributed by atoms with Crippen LogP contribution in [0.4, 0.5) is 5.69 Å². The first-order chi connectivity index (χ1) is 7.81. The highest BCUT2D eigenvalue weighted by molar-refractivity contribution is 9.10. The molecule has 0 unspecified atom stereocenters. The third-order valence-corrected chi connectivity index (χ3v) is 3.28. The zero-order chi connectivity index (χ0) is 13.1. The maximum atomic E-state index is 10.8. The predicted molar refractivity (Wildman–Crippen MR) is 65.3 cm³/mol. The van der Waals surface area contributed by atoms with Gasteiger partial charge in [-0.3, -0.25) is 14.3 Å². The van der Waals surface area contributed by atoms with E-state index in [-0.39, 0.29) is 18.7 Å². The molecule has 1 aromatic carbocycles. The molecule has 0 saturated heterocycles. The van der Waals surface area contributed by atoms with Crippen LogP contribution in [0.25, 0.3) is 0 Å². The lowest BCUT2D eigenvalue weighted by Gasteiger charge is -2.05. The third kappa shape index (κ3) is 4.41. The molecule has 6 nitrogen and oxygen atoms in total. The van der Waals surface area contributed by atoms with E-state index in [1.807, 2.05) is 0 Å². The largest absolute Gasteiger partial charge is 0.273 e. The Morgan fingerprint density at radius 2 is 2.12 bits per heavy atom. The lowest BCUT2D eigenvalue weighted by atomic mass is 10.1. The number of halogens is 1. The standard InChI is InChI=1S/C9H10BrNO5S/c1-17(14,15)16-6-5-7-8(10)3-2-4-9(7)11(12)13/h2-4H,5-6H2,1H3. The van der Waals surface area contributed by atoms with Crippen molar-refractivity contribution in [3.05, 3.63) is 38.3 Å². The molecule has 0 N–H and O–H groups in total. The predicted octanol–water partition coefficient (Wildman–Crippen LogP) is 1.88. The summed E-state index contributed by atoms with van der Waals surface area (Å²) in [4.78, 5) is 10.2. The van der Waals surface area contributed by atoms with E-state index in [0.717, 1.165) is 6.26 Å². The van der Waals surface area contributed by atoms with Crippen molar-refractivity contribution >= 4 is 31.7 Å². The summed E-state index contributed by atoms with van der Waals surface area (Å²) < 4.78 is 26.6. The second kappa shape index (κ2) is 5.56. The molecule has 1 rings (SSSR count). The smallest absolute Gasteiger partial charge is 0.270 e. The molecule has 0 bridgehead atoms. The van der Waals surface area contributed by atoms with Crippen LogP contribution in [0.1, 0.15) is 5.56 Å². The molecule has 1 aromatic rings. The molecule has 0 atom stereocenters. The summed E-state index contributed by atoms with van der Waals surface area (Å²) in [6.45, 7) is -0.123. The van der Waals surface area contributed by atoms with Crippen molar-refractivity contribution in [2.45, 2.75) is 6.42 Å². The number of hydrogen-bond donors (Lipinski definition) is 0. The van der Waals surface area contributed by atoms with E-state index in [1.165, 1.54) is 6.07 Å². The van der Waals surface area contributed by atoms with Gasteiger partial charge >= 0.3 is 0 Å². The van der Waals surface area contributed by atoms with Gasteiger partial charge in [0.2, 0.25) is 0 Å². The van der Waals surface area contributed by atoms with Crippen LogP contribution in [0.5, 0.6) is 0 Å². The Morgan fingerprint density at radius 1 is 1.47 bits per heavy atom. The summed E-state index contributed by atoms with van der Waals surface area (Å²) in [6.07, 6.45) is 1.08. The Balaban J connectivity index is 2.86. The second-order valence-electron chi connectivity index (χ2n) is 3.27. The van der Waals surface area contributed by atoms with Crippen LogP contribution < -0.4 is 0 Å². The van der Waals surface area contributed by atoms with Gasteiger partial charge in [-0.25, -0.2) is 0 Å². The Bertz CT molecular complexity index is 528. The van der Waals surface area contributed by atoms with E-state index in [0.29, 0.717) is 10.0 Å². The number of hydrogen-bond acceptors (Lipinski definition) is 5. The monoisotopic (exact) mass is 323 g/mol.